The van der Waals surface area contributed by atoms with Crippen LogP contribution in [0, 0.1) is 0 Å². The fraction of sp³-hybridized carbons (Fsp3) is 0.455. The number of nitrogens with zero attached hydrogens (tertiary/aromatic N) is 1. The van der Waals surface area contributed by atoms with Gasteiger partial charge >= 0.3 is 10.1 Å². The quantitative estimate of drug-likeness (QED) is 0.809. The summed E-state index contributed by atoms with van der Waals surface area (Å²) in [6, 6.07) is 8.23. The molecule has 0 spiro atoms. The summed E-state index contributed by atoms with van der Waals surface area (Å²) in [7, 11) is -3.63. The van der Waals surface area contributed by atoms with Gasteiger partial charge in [-0.1, -0.05) is 24.6 Å². The van der Waals surface area contributed by atoms with E-state index < -0.39 is 10.1 Å². The third-order valence-corrected chi connectivity index (χ3v) is 3.81. The second-order valence-electron chi connectivity index (χ2n) is 3.83. The molecule has 16 heavy (non-hydrogen) atoms. The third-order valence-electron chi connectivity index (χ3n) is 2.55. The molecule has 1 aliphatic heterocycles. The molecule has 1 aliphatic rings. The maximum absolute atomic E-state index is 11.8. The predicted molar refractivity (Wildman–Crippen MR) is 60.1 cm³/mol. The normalized spacial score (nSPS) is 18.5. The molecule has 2 rings (SSSR count). The summed E-state index contributed by atoms with van der Waals surface area (Å²) in [5.74, 6) is 0. The Bertz CT molecular complexity index is 424. The molecule has 5 heteroatoms. The lowest BCUT2D eigenvalue weighted by Gasteiger charge is -2.24. The molecule has 1 heterocycles. The zero-order valence-electron chi connectivity index (χ0n) is 9.00. The van der Waals surface area contributed by atoms with Crippen molar-refractivity contribution in [1.29, 1.82) is 0 Å². The van der Waals surface area contributed by atoms with E-state index in [1.807, 2.05) is 0 Å². The molecule has 4 nitrogen and oxygen atoms in total. The Morgan fingerprint density at radius 3 is 2.25 bits per heavy atom. The van der Waals surface area contributed by atoms with Gasteiger partial charge < -0.3 is 0 Å². The molecule has 1 aromatic rings. The van der Waals surface area contributed by atoms with Gasteiger partial charge in [0.25, 0.3) is 0 Å². The van der Waals surface area contributed by atoms with E-state index in [0.29, 0.717) is 13.1 Å². The maximum Gasteiger partial charge on any atom is 0.313 e. The van der Waals surface area contributed by atoms with E-state index in [1.54, 1.807) is 30.3 Å². The molecule has 0 unspecified atom stereocenters. The molecule has 0 aromatic heterocycles. The summed E-state index contributed by atoms with van der Waals surface area (Å²) in [4.78, 5) is 0.209. The minimum Gasteiger partial charge on any atom is -0.192 e. The van der Waals surface area contributed by atoms with Crippen molar-refractivity contribution in [1.82, 2.24) is 5.06 Å². The van der Waals surface area contributed by atoms with Crippen LogP contribution in [0.15, 0.2) is 35.2 Å². The average Bonchev–Trinajstić information content (AvgIpc) is 2.31. The summed E-state index contributed by atoms with van der Waals surface area (Å²) in [5.41, 5.74) is 0. The van der Waals surface area contributed by atoms with Crippen molar-refractivity contribution in [3.8, 4) is 0 Å². The highest BCUT2D eigenvalue weighted by Crippen LogP contribution is 2.16. The van der Waals surface area contributed by atoms with E-state index >= 15 is 0 Å². The third kappa shape index (κ3) is 2.81. The zero-order valence-corrected chi connectivity index (χ0v) is 9.82. The number of hydrogen-bond donors (Lipinski definition) is 0. The van der Waals surface area contributed by atoms with Crippen molar-refractivity contribution >= 4 is 10.1 Å². The van der Waals surface area contributed by atoms with Crippen LogP contribution in [-0.2, 0) is 14.4 Å². The van der Waals surface area contributed by atoms with Gasteiger partial charge in [0.2, 0.25) is 0 Å². The summed E-state index contributed by atoms with van der Waals surface area (Å²) in [6.45, 7) is 1.37. The average molecular weight is 241 g/mol. The molecular weight excluding hydrogens is 226 g/mol. The van der Waals surface area contributed by atoms with E-state index in [0.717, 1.165) is 19.3 Å². The van der Waals surface area contributed by atoms with Gasteiger partial charge in [0.1, 0.15) is 0 Å². The zero-order chi connectivity index (χ0) is 11.4. The summed E-state index contributed by atoms with van der Waals surface area (Å²) in [6.07, 6.45) is 3.12. The number of rotatable bonds is 3. The largest absolute Gasteiger partial charge is 0.313 e. The standard InChI is InChI=1S/C11H15NO3S/c13-16(14,11-7-3-1-4-8-11)15-12-9-5-2-6-10-12/h1,3-4,7-8H,2,5-6,9-10H2. The molecule has 0 N–H and O–H groups in total. The number of benzene rings is 1. The van der Waals surface area contributed by atoms with Crippen molar-refractivity contribution in [2.45, 2.75) is 24.2 Å². The molecule has 1 aromatic carbocycles. The lowest BCUT2D eigenvalue weighted by Crippen LogP contribution is -2.32. The molecule has 1 fully saturated rings. The second-order valence-corrected chi connectivity index (χ2v) is 5.36. The van der Waals surface area contributed by atoms with Gasteiger partial charge in [-0.15, -0.1) is 0 Å². The van der Waals surface area contributed by atoms with Crippen LogP contribution in [0.2, 0.25) is 0 Å². The molecule has 0 saturated carbocycles. The first-order chi connectivity index (χ1) is 7.68. The lowest BCUT2D eigenvalue weighted by molar-refractivity contribution is -0.0654. The Labute approximate surface area is 95.9 Å². The SMILES string of the molecule is O=S(=O)(ON1CCCCC1)c1ccccc1. The fourth-order valence-electron chi connectivity index (χ4n) is 1.71. The molecular formula is C11H15NO3S. The number of piperidine rings is 1. The molecule has 0 amide bonds. The van der Waals surface area contributed by atoms with Gasteiger partial charge in [-0.3, -0.25) is 0 Å². The minimum atomic E-state index is -3.63. The summed E-state index contributed by atoms with van der Waals surface area (Å²) >= 11 is 0. The smallest absolute Gasteiger partial charge is 0.192 e. The number of hydroxylamine groups is 2. The lowest BCUT2D eigenvalue weighted by atomic mass is 10.2. The van der Waals surface area contributed by atoms with Crippen LogP contribution in [0.3, 0.4) is 0 Å². The first kappa shape index (κ1) is 11.6. The van der Waals surface area contributed by atoms with E-state index in [1.165, 1.54) is 5.06 Å². The highest BCUT2D eigenvalue weighted by atomic mass is 32.2. The highest BCUT2D eigenvalue weighted by molar-refractivity contribution is 7.86. The minimum absolute atomic E-state index is 0.209. The molecule has 0 atom stereocenters. The maximum atomic E-state index is 11.8. The monoisotopic (exact) mass is 241 g/mol. The predicted octanol–water partition coefficient (Wildman–Crippen LogP) is 1.79. The van der Waals surface area contributed by atoms with Crippen LogP contribution in [0.5, 0.6) is 0 Å². The molecule has 0 radical (unpaired) electrons. The Kier molecular flexibility index (Phi) is 3.58. The van der Waals surface area contributed by atoms with Crippen LogP contribution in [0.1, 0.15) is 19.3 Å². The van der Waals surface area contributed by atoms with Gasteiger partial charge in [0.15, 0.2) is 0 Å². The van der Waals surface area contributed by atoms with Crippen molar-refractivity contribution in [3.63, 3.8) is 0 Å². The van der Waals surface area contributed by atoms with Crippen molar-refractivity contribution in [2.75, 3.05) is 13.1 Å². The molecule has 88 valence electrons. The molecule has 1 saturated heterocycles. The van der Waals surface area contributed by atoms with Crippen LogP contribution in [0.4, 0.5) is 0 Å². The first-order valence-corrected chi connectivity index (χ1v) is 6.84. The van der Waals surface area contributed by atoms with Gasteiger partial charge in [-0.2, -0.15) is 17.8 Å². The van der Waals surface area contributed by atoms with Crippen LogP contribution in [0.25, 0.3) is 0 Å². The van der Waals surface area contributed by atoms with E-state index in [-0.39, 0.29) is 4.90 Å². The van der Waals surface area contributed by atoms with Gasteiger partial charge in [0, 0.05) is 13.1 Å². The highest BCUT2D eigenvalue weighted by Gasteiger charge is 2.21. The van der Waals surface area contributed by atoms with E-state index in [2.05, 4.69) is 0 Å². The summed E-state index contributed by atoms with van der Waals surface area (Å²) in [5, 5.41) is 1.53. The first-order valence-electron chi connectivity index (χ1n) is 5.43. The number of hydrogen-bond acceptors (Lipinski definition) is 4. The van der Waals surface area contributed by atoms with Crippen molar-refractivity contribution in [3.05, 3.63) is 30.3 Å². The molecule has 0 bridgehead atoms. The van der Waals surface area contributed by atoms with E-state index in [4.69, 9.17) is 4.28 Å². The topological polar surface area (TPSA) is 46.6 Å². The van der Waals surface area contributed by atoms with Gasteiger partial charge in [0.05, 0.1) is 4.90 Å². The Hall–Kier alpha value is -0.910. The fourth-order valence-corrected chi connectivity index (χ4v) is 2.71. The summed E-state index contributed by atoms with van der Waals surface area (Å²) < 4.78 is 28.7. The van der Waals surface area contributed by atoms with Gasteiger partial charge in [-0.25, -0.2) is 0 Å². The van der Waals surface area contributed by atoms with Crippen LogP contribution >= 0.6 is 0 Å². The Morgan fingerprint density at radius 1 is 1.00 bits per heavy atom. The Balaban J connectivity index is 2.08. The van der Waals surface area contributed by atoms with Crippen LogP contribution in [-0.4, -0.2) is 26.6 Å². The van der Waals surface area contributed by atoms with Gasteiger partial charge in [-0.05, 0) is 25.0 Å². The van der Waals surface area contributed by atoms with Crippen molar-refractivity contribution < 1.29 is 12.7 Å². The van der Waals surface area contributed by atoms with Crippen molar-refractivity contribution in [2.24, 2.45) is 0 Å². The Morgan fingerprint density at radius 2 is 1.62 bits per heavy atom. The second kappa shape index (κ2) is 4.95. The molecule has 0 aliphatic carbocycles. The van der Waals surface area contributed by atoms with E-state index in [9.17, 15) is 8.42 Å². The van der Waals surface area contributed by atoms with Crippen LogP contribution < -0.4 is 0 Å².